The highest BCUT2D eigenvalue weighted by Crippen LogP contribution is 2.17. The lowest BCUT2D eigenvalue weighted by atomic mass is 10.3. The lowest BCUT2D eigenvalue weighted by Gasteiger charge is -2.22. The molecule has 8 heteroatoms. The van der Waals surface area contributed by atoms with E-state index in [1.54, 1.807) is 0 Å². The third kappa shape index (κ3) is 1.60. The van der Waals surface area contributed by atoms with Crippen LogP contribution in [0.25, 0.3) is 0 Å². The van der Waals surface area contributed by atoms with Crippen molar-refractivity contribution in [3.63, 3.8) is 0 Å². The van der Waals surface area contributed by atoms with Crippen LogP contribution < -0.4 is 0 Å². The van der Waals surface area contributed by atoms with Gasteiger partial charge in [0.1, 0.15) is 0 Å². The van der Waals surface area contributed by atoms with Crippen molar-refractivity contribution in [2.45, 2.75) is 13.1 Å². The maximum atomic E-state index is 10.7. The molecular weight excluding hydrogens is 204 g/mol. The topological polar surface area (TPSA) is 102 Å². The van der Waals surface area contributed by atoms with E-state index in [0.29, 0.717) is 18.8 Å². The average Bonchev–Trinajstić information content (AvgIpc) is 2.59. The van der Waals surface area contributed by atoms with Gasteiger partial charge in [-0.15, -0.1) is 0 Å². The van der Waals surface area contributed by atoms with Crippen molar-refractivity contribution in [2.24, 2.45) is 0 Å². The summed E-state index contributed by atoms with van der Waals surface area (Å²) in [6.07, 6.45) is -1.02. The van der Waals surface area contributed by atoms with Gasteiger partial charge in [-0.3, -0.25) is 0 Å². The van der Waals surface area contributed by atoms with E-state index in [-0.39, 0.29) is 12.4 Å². The first kappa shape index (κ1) is 9.44. The highest BCUT2D eigenvalue weighted by atomic mass is 16.6. The van der Waals surface area contributed by atoms with Crippen molar-refractivity contribution in [1.82, 2.24) is 14.7 Å². The minimum Gasteiger partial charge on any atom is -0.465 e. The van der Waals surface area contributed by atoms with Crippen molar-refractivity contribution >= 4 is 11.9 Å². The Kier molecular flexibility index (Phi) is 2.03. The number of hydrogen-bond donors (Lipinski definition) is 1. The van der Waals surface area contributed by atoms with Crippen LogP contribution >= 0.6 is 0 Å². The second-order valence-electron chi connectivity index (χ2n) is 3.18. The van der Waals surface area contributed by atoms with Crippen LogP contribution in [0.3, 0.4) is 0 Å². The van der Waals surface area contributed by atoms with Gasteiger partial charge in [-0.1, -0.05) is 0 Å². The first-order chi connectivity index (χ1) is 7.08. The van der Waals surface area contributed by atoms with Gasteiger partial charge in [0.2, 0.25) is 0 Å². The molecule has 8 nitrogen and oxygen atoms in total. The van der Waals surface area contributed by atoms with Crippen molar-refractivity contribution in [2.75, 3.05) is 6.54 Å². The number of carboxylic acid groups (broad SMARTS) is 1. The second kappa shape index (κ2) is 3.23. The quantitative estimate of drug-likeness (QED) is 0.532. The molecule has 0 unspecified atom stereocenters. The molecule has 1 aromatic rings. The molecule has 0 aromatic carbocycles. The summed E-state index contributed by atoms with van der Waals surface area (Å²) < 4.78 is 1.47. The molecule has 0 atom stereocenters. The molecule has 1 aromatic heterocycles. The third-order valence-corrected chi connectivity index (χ3v) is 2.24. The average molecular weight is 212 g/mol. The summed E-state index contributed by atoms with van der Waals surface area (Å²) in [5.41, 5.74) is 0.551. The predicted molar refractivity (Wildman–Crippen MR) is 47.3 cm³/mol. The maximum absolute atomic E-state index is 10.7. The van der Waals surface area contributed by atoms with E-state index in [0.717, 1.165) is 0 Å². The predicted octanol–water partition coefficient (Wildman–Crippen LogP) is 0.285. The molecule has 0 bridgehead atoms. The number of rotatable bonds is 1. The van der Waals surface area contributed by atoms with Crippen LogP contribution in [0.4, 0.5) is 10.6 Å². The van der Waals surface area contributed by atoms with Gasteiger partial charge < -0.3 is 20.1 Å². The van der Waals surface area contributed by atoms with Crippen molar-refractivity contribution in [1.29, 1.82) is 0 Å². The summed E-state index contributed by atoms with van der Waals surface area (Å²) in [5, 5.41) is 22.9. The van der Waals surface area contributed by atoms with Crippen LogP contribution in [-0.4, -0.2) is 37.3 Å². The Hall–Kier alpha value is -2.12. The number of nitro groups is 1. The Morgan fingerprint density at radius 1 is 1.60 bits per heavy atom. The van der Waals surface area contributed by atoms with E-state index >= 15 is 0 Å². The van der Waals surface area contributed by atoms with Gasteiger partial charge in [0.25, 0.3) is 0 Å². The fraction of sp³-hybridized carbons (Fsp3) is 0.429. The largest absolute Gasteiger partial charge is 0.465 e. The monoisotopic (exact) mass is 212 g/mol. The lowest BCUT2D eigenvalue weighted by Crippen LogP contribution is -2.37. The van der Waals surface area contributed by atoms with Gasteiger partial charge in [-0.25, -0.2) is 4.79 Å². The van der Waals surface area contributed by atoms with Gasteiger partial charge in [-0.2, -0.15) is 4.68 Å². The third-order valence-electron chi connectivity index (χ3n) is 2.24. The van der Waals surface area contributed by atoms with Crippen molar-refractivity contribution < 1.29 is 14.8 Å². The van der Waals surface area contributed by atoms with Crippen LogP contribution in [-0.2, 0) is 13.1 Å². The first-order valence-corrected chi connectivity index (χ1v) is 4.27. The van der Waals surface area contributed by atoms with E-state index in [1.165, 1.54) is 15.6 Å². The van der Waals surface area contributed by atoms with Crippen LogP contribution in [0, 0.1) is 10.1 Å². The summed E-state index contributed by atoms with van der Waals surface area (Å²) >= 11 is 0. The Bertz CT molecular complexity index is 427. The van der Waals surface area contributed by atoms with Gasteiger partial charge in [0, 0.05) is 6.54 Å². The van der Waals surface area contributed by atoms with Gasteiger partial charge in [-0.05, 0) is 4.92 Å². The Morgan fingerprint density at radius 3 is 2.93 bits per heavy atom. The van der Waals surface area contributed by atoms with Gasteiger partial charge in [0.15, 0.2) is 0 Å². The standard InChI is InChI=1S/C7H8N4O4/c12-7(13)9-1-2-10-5(4-9)3-6(8-10)11(14)15/h3H,1-2,4H2,(H,12,13). The molecule has 1 amide bonds. The van der Waals surface area contributed by atoms with E-state index < -0.39 is 11.0 Å². The zero-order chi connectivity index (χ0) is 11.0. The summed E-state index contributed by atoms with van der Waals surface area (Å²) in [7, 11) is 0. The molecule has 1 N–H and O–H groups in total. The molecule has 0 radical (unpaired) electrons. The molecule has 1 aliphatic heterocycles. The Labute approximate surface area is 83.9 Å². The molecule has 0 saturated carbocycles. The smallest absolute Gasteiger partial charge is 0.407 e. The van der Waals surface area contributed by atoms with Crippen LogP contribution in [0.5, 0.6) is 0 Å². The van der Waals surface area contributed by atoms with Crippen molar-refractivity contribution in [3.05, 3.63) is 21.9 Å². The first-order valence-electron chi connectivity index (χ1n) is 4.27. The summed E-state index contributed by atoms with van der Waals surface area (Å²) in [5.74, 6) is -0.239. The molecule has 15 heavy (non-hydrogen) atoms. The van der Waals surface area contributed by atoms with Crippen LogP contribution in [0.2, 0.25) is 0 Å². The fourth-order valence-corrected chi connectivity index (χ4v) is 1.50. The molecule has 80 valence electrons. The molecule has 0 fully saturated rings. The number of fused-ring (bicyclic) bond motifs is 1. The molecular formula is C7H8N4O4. The van der Waals surface area contributed by atoms with E-state index in [4.69, 9.17) is 5.11 Å². The minimum absolute atomic E-state index is 0.149. The van der Waals surface area contributed by atoms with Crippen molar-refractivity contribution in [3.8, 4) is 0 Å². The number of carbonyl (C=O) groups is 1. The molecule has 2 rings (SSSR count). The highest BCUT2D eigenvalue weighted by molar-refractivity contribution is 5.65. The Balaban J connectivity index is 2.26. The van der Waals surface area contributed by atoms with Crippen LogP contribution in [0.15, 0.2) is 6.07 Å². The molecule has 1 aliphatic rings. The van der Waals surface area contributed by atoms with Crippen LogP contribution in [0.1, 0.15) is 5.69 Å². The highest BCUT2D eigenvalue weighted by Gasteiger charge is 2.26. The Morgan fingerprint density at radius 2 is 2.33 bits per heavy atom. The summed E-state index contributed by atoms with van der Waals surface area (Å²) in [6, 6.07) is 1.30. The molecule has 0 spiro atoms. The van der Waals surface area contributed by atoms with E-state index in [9.17, 15) is 14.9 Å². The van der Waals surface area contributed by atoms with E-state index in [2.05, 4.69) is 5.10 Å². The number of hydrogen-bond acceptors (Lipinski definition) is 4. The van der Waals surface area contributed by atoms with Gasteiger partial charge in [0.05, 0.1) is 29.9 Å². The van der Waals surface area contributed by atoms with Gasteiger partial charge >= 0.3 is 11.9 Å². The normalized spacial score (nSPS) is 14.8. The van der Waals surface area contributed by atoms with E-state index in [1.807, 2.05) is 0 Å². The maximum Gasteiger partial charge on any atom is 0.407 e. The fourth-order valence-electron chi connectivity index (χ4n) is 1.50. The summed E-state index contributed by atoms with van der Waals surface area (Å²) in [6.45, 7) is 0.812. The SMILES string of the molecule is O=C(O)N1CCn2nc([N+](=O)[O-])cc2C1. The molecule has 2 heterocycles. The minimum atomic E-state index is -1.02. The zero-order valence-electron chi connectivity index (χ0n) is 7.66. The zero-order valence-corrected chi connectivity index (χ0v) is 7.66. The number of nitrogens with zero attached hydrogens (tertiary/aromatic N) is 4. The lowest BCUT2D eigenvalue weighted by molar-refractivity contribution is -0.389. The summed E-state index contributed by atoms with van der Waals surface area (Å²) in [4.78, 5) is 21.7. The number of aromatic nitrogens is 2. The molecule has 0 aliphatic carbocycles. The number of amides is 1. The second-order valence-corrected chi connectivity index (χ2v) is 3.18. The molecule has 0 saturated heterocycles.